The van der Waals surface area contributed by atoms with Crippen molar-refractivity contribution < 1.29 is 50.5 Å². The van der Waals surface area contributed by atoms with Gasteiger partial charge in [-0.25, -0.2) is 0 Å². The molecule has 1 rings (SSSR count). The Hall–Kier alpha value is -0.588. The molecule has 0 aliphatic rings. The largest absolute Gasteiger partial charge is 1.00 e. The summed E-state index contributed by atoms with van der Waals surface area (Å²) in [5.74, 6) is 0. The molecule has 0 aliphatic heterocycles. The molecule has 0 saturated heterocycles. The zero-order chi connectivity index (χ0) is 9.61. The van der Waals surface area contributed by atoms with Crippen molar-refractivity contribution >= 4 is 18.8 Å². The van der Waals surface area contributed by atoms with Gasteiger partial charge in [0.05, 0.1) is 0 Å². The second kappa shape index (κ2) is 17.8. The fourth-order valence-electron chi connectivity index (χ4n) is 0.478. The van der Waals surface area contributed by atoms with Crippen molar-refractivity contribution in [1.29, 1.82) is 0 Å². The summed E-state index contributed by atoms with van der Waals surface area (Å²) in [5.41, 5.74) is 1.07. The van der Waals surface area contributed by atoms with Crippen LogP contribution < -0.4 is 18.9 Å². The maximum absolute atomic E-state index is 8.74. The first-order valence-corrected chi connectivity index (χ1v) is 4.36. The van der Waals surface area contributed by atoms with Crippen molar-refractivity contribution in [2.75, 3.05) is 0 Å². The summed E-state index contributed by atoms with van der Waals surface area (Å²) in [5, 5.41) is 0. The Balaban J connectivity index is -0.0000000284. The number of hydrogen-bond acceptors (Lipinski definition) is 2. The van der Waals surface area contributed by atoms with E-state index < -0.39 is 10.4 Å². The number of hydrogen-bond donors (Lipinski definition) is 2. The SMILES string of the molecule is F.F.F.O=S(=O)(O)O.[B].[CH2-]c1ccccc1.[Li+]. The fourth-order valence-corrected chi connectivity index (χ4v) is 0.478. The van der Waals surface area contributed by atoms with Crippen LogP contribution in [0.5, 0.6) is 0 Å². The number of halogens is 3. The Kier molecular flexibility index (Phi) is 37.6. The van der Waals surface area contributed by atoms with Crippen LogP contribution in [0.1, 0.15) is 5.56 Å². The molecule has 0 aromatic heterocycles. The molecule has 0 aliphatic carbocycles. The average Bonchev–Trinajstić information content (AvgIpc) is 1.85. The topological polar surface area (TPSA) is 74.6 Å². The zero-order valence-corrected chi connectivity index (χ0v) is 9.83. The van der Waals surface area contributed by atoms with Crippen LogP contribution in [0.2, 0.25) is 0 Å². The van der Waals surface area contributed by atoms with Crippen LogP contribution in [0, 0.1) is 6.92 Å². The first kappa shape index (κ1) is 36.0. The van der Waals surface area contributed by atoms with E-state index in [4.69, 9.17) is 17.5 Å². The summed E-state index contributed by atoms with van der Waals surface area (Å²) >= 11 is 0. The van der Waals surface area contributed by atoms with E-state index in [0.29, 0.717) is 0 Å². The third-order valence-corrected chi connectivity index (χ3v) is 0.843. The Morgan fingerprint density at radius 1 is 0.941 bits per heavy atom. The van der Waals surface area contributed by atoms with Gasteiger partial charge in [-0.2, -0.15) is 33.0 Å². The van der Waals surface area contributed by atoms with Crippen molar-refractivity contribution in [3.8, 4) is 0 Å². The molecule has 95 valence electrons. The molecule has 3 radical (unpaired) electrons. The molecule has 0 unspecified atom stereocenters. The molecule has 1 aromatic carbocycles. The first-order valence-electron chi connectivity index (χ1n) is 2.96. The molecule has 0 bridgehead atoms. The van der Waals surface area contributed by atoms with Crippen LogP contribution >= 0.6 is 0 Å². The smallest absolute Gasteiger partial charge is 0.269 e. The van der Waals surface area contributed by atoms with Gasteiger partial charge in [0, 0.05) is 8.41 Å². The van der Waals surface area contributed by atoms with Gasteiger partial charge in [-0.3, -0.25) is 23.2 Å². The van der Waals surface area contributed by atoms with Gasteiger partial charge in [-0.05, 0) is 0 Å². The molecule has 10 heteroatoms. The van der Waals surface area contributed by atoms with Crippen LogP contribution in [0.3, 0.4) is 0 Å². The van der Waals surface area contributed by atoms with E-state index in [1.807, 2.05) is 30.3 Å². The maximum Gasteiger partial charge on any atom is 1.00 e. The summed E-state index contributed by atoms with van der Waals surface area (Å²) in [4.78, 5) is 0. The first-order chi connectivity index (χ1) is 5.39. The van der Waals surface area contributed by atoms with E-state index in [1.165, 1.54) is 0 Å². The van der Waals surface area contributed by atoms with Crippen LogP contribution in [0.4, 0.5) is 14.1 Å². The molecule has 0 spiro atoms. The fraction of sp³-hybridized carbons (Fsp3) is 0. The third-order valence-electron chi connectivity index (χ3n) is 0.843. The van der Waals surface area contributed by atoms with Crippen molar-refractivity contribution in [2.45, 2.75) is 0 Å². The van der Waals surface area contributed by atoms with Gasteiger partial charge in [0.2, 0.25) is 0 Å². The van der Waals surface area contributed by atoms with Crippen molar-refractivity contribution in [2.24, 2.45) is 0 Å². The molecule has 17 heavy (non-hydrogen) atoms. The Labute approximate surface area is 112 Å². The minimum Gasteiger partial charge on any atom is -0.269 e. The number of rotatable bonds is 0. The van der Waals surface area contributed by atoms with E-state index in [2.05, 4.69) is 6.92 Å². The Morgan fingerprint density at radius 3 is 1.29 bits per heavy atom. The summed E-state index contributed by atoms with van der Waals surface area (Å²) in [6.45, 7) is 3.72. The molecule has 0 heterocycles. The van der Waals surface area contributed by atoms with Gasteiger partial charge in [-0.1, -0.05) is 6.07 Å². The van der Waals surface area contributed by atoms with Crippen molar-refractivity contribution in [3.63, 3.8) is 0 Å². The van der Waals surface area contributed by atoms with Gasteiger partial charge in [0.25, 0.3) is 0 Å². The van der Waals surface area contributed by atoms with Crippen molar-refractivity contribution in [3.05, 3.63) is 42.8 Å². The van der Waals surface area contributed by atoms with E-state index >= 15 is 0 Å². The van der Waals surface area contributed by atoms with Gasteiger partial charge < -0.3 is 0 Å². The molecule has 0 atom stereocenters. The van der Waals surface area contributed by atoms with E-state index in [0.717, 1.165) is 5.56 Å². The maximum atomic E-state index is 8.74. The summed E-state index contributed by atoms with van der Waals surface area (Å²) in [6.07, 6.45) is 0. The quantitative estimate of drug-likeness (QED) is 0.334. The van der Waals surface area contributed by atoms with Crippen LogP contribution in [0.25, 0.3) is 0 Å². The van der Waals surface area contributed by atoms with Crippen LogP contribution in [-0.4, -0.2) is 25.9 Å². The molecule has 2 N–H and O–H groups in total. The standard InChI is InChI=1S/C7H7.B.3FH.Li.H2O4S/c1-7-5-3-2-4-6-7;;;;;;1-5(2,3)4/h2-6H,1H2;;3*1H;;(H2,1,2,3,4)/q-1;;;;;+1;. The molecular weight excluding hydrogens is 255 g/mol. The van der Waals surface area contributed by atoms with E-state index in [9.17, 15) is 0 Å². The van der Waals surface area contributed by atoms with Crippen LogP contribution in [0.15, 0.2) is 30.3 Å². The van der Waals surface area contributed by atoms with E-state index in [-0.39, 0.29) is 41.4 Å². The van der Waals surface area contributed by atoms with Gasteiger partial charge >= 0.3 is 29.3 Å². The monoisotopic (exact) mass is 267 g/mol. The minimum absolute atomic E-state index is 0. The second-order valence-corrected chi connectivity index (χ2v) is 2.83. The second-order valence-electron chi connectivity index (χ2n) is 1.93. The molecule has 1 aromatic rings. The molecular formula is C7H12BF3LiO4S. The predicted molar refractivity (Wildman–Crippen MR) is 58.3 cm³/mol. The average molecular weight is 267 g/mol. The number of benzene rings is 1. The van der Waals surface area contributed by atoms with Gasteiger partial charge in [-0.15, -0.1) is 12.1 Å². The van der Waals surface area contributed by atoms with Gasteiger partial charge in [0.1, 0.15) is 0 Å². The molecule has 4 nitrogen and oxygen atoms in total. The Bertz CT molecular complexity index is 317. The van der Waals surface area contributed by atoms with Gasteiger partial charge in [0.15, 0.2) is 0 Å². The predicted octanol–water partition coefficient (Wildman–Crippen LogP) is -1.70. The Morgan fingerprint density at radius 2 is 1.18 bits per heavy atom. The zero-order valence-electron chi connectivity index (χ0n) is 9.02. The van der Waals surface area contributed by atoms with Crippen LogP contribution in [-0.2, 0) is 10.4 Å². The third kappa shape index (κ3) is 50.5. The summed E-state index contributed by atoms with van der Waals surface area (Å²) in [7, 11) is -4.67. The minimum atomic E-state index is -4.67. The molecule has 0 saturated carbocycles. The van der Waals surface area contributed by atoms with E-state index in [1.54, 1.807) is 0 Å². The van der Waals surface area contributed by atoms with Crippen molar-refractivity contribution in [1.82, 2.24) is 0 Å². The normalized spacial score (nSPS) is 6.94. The summed E-state index contributed by atoms with van der Waals surface area (Å²) in [6, 6.07) is 9.87. The summed E-state index contributed by atoms with van der Waals surface area (Å²) < 4.78 is 31.6. The molecule has 0 fully saturated rings. The molecule has 0 amide bonds.